The van der Waals surface area contributed by atoms with Crippen molar-refractivity contribution in [2.75, 3.05) is 19.0 Å². The summed E-state index contributed by atoms with van der Waals surface area (Å²) in [5, 5.41) is 3.14. The minimum atomic E-state index is -0.241. The van der Waals surface area contributed by atoms with Gasteiger partial charge in [-0.1, -0.05) is 42.2 Å². The van der Waals surface area contributed by atoms with E-state index in [4.69, 9.17) is 17.0 Å². The second-order valence-electron chi connectivity index (χ2n) is 7.26. The highest BCUT2D eigenvalue weighted by Gasteiger charge is 2.32. The molecule has 0 radical (unpaired) electrons. The number of nitrogens with zero attached hydrogens (tertiary/aromatic N) is 3. The van der Waals surface area contributed by atoms with Gasteiger partial charge in [0.15, 0.2) is 0 Å². The second-order valence-corrected chi connectivity index (χ2v) is 8.94. The van der Waals surface area contributed by atoms with Crippen molar-refractivity contribution >= 4 is 51.7 Å². The Bertz CT molecular complexity index is 1300. The molecule has 32 heavy (non-hydrogen) atoms. The Balaban J connectivity index is 1.70. The van der Waals surface area contributed by atoms with Gasteiger partial charge in [0.25, 0.3) is 11.5 Å². The number of aromatic nitrogens is 2. The summed E-state index contributed by atoms with van der Waals surface area (Å²) in [6.07, 6.45) is 3.34. The minimum absolute atomic E-state index is 0.230. The molecule has 0 unspecified atom stereocenters. The van der Waals surface area contributed by atoms with Crippen molar-refractivity contribution in [3.05, 3.63) is 74.5 Å². The number of benzene rings is 1. The van der Waals surface area contributed by atoms with E-state index in [9.17, 15) is 9.59 Å². The summed E-state index contributed by atoms with van der Waals surface area (Å²) in [5.74, 6) is 0.961. The van der Waals surface area contributed by atoms with Crippen LogP contribution in [-0.2, 0) is 11.3 Å². The van der Waals surface area contributed by atoms with Crippen LogP contribution in [-0.4, -0.2) is 38.2 Å². The molecule has 7 nitrogen and oxygen atoms in total. The molecule has 1 fully saturated rings. The maximum Gasteiger partial charge on any atom is 0.267 e. The van der Waals surface area contributed by atoms with E-state index in [2.05, 4.69) is 10.3 Å². The lowest BCUT2D eigenvalue weighted by molar-refractivity contribution is -0.122. The van der Waals surface area contributed by atoms with Crippen molar-refractivity contribution < 1.29 is 9.53 Å². The molecular weight excluding hydrogens is 444 g/mol. The van der Waals surface area contributed by atoms with Crippen LogP contribution in [0.15, 0.2) is 52.3 Å². The number of carbonyl (C=O) groups is 1. The molecule has 1 aliphatic heterocycles. The number of pyridine rings is 1. The molecule has 0 atom stereocenters. The Kier molecular flexibility index (Phi) is 6.29. The third-order valence-electron chi connectivity index (χ3n) is 5.00. The molecule has 3 aromatic rings. The van der Waals surface area contributed by atoms with Crippen LogP contribution < -0.4 is 15.6 Å². The van der Waals surface area contributed by atoms with Crippen LogP contribution in [0.2, 0.25) is 0 Å². The molecule has 1 aliphatic rings. The molecule has 0 aliphatic carbocycles. The molecule has 0 bridgehead atoms. The number of thiocarbonyl (C=S) groups is 1. The Morgan fingerprint density at radius 3 is 2.62 bits per heavy atom. The summed E-state index contributed by atoms with van der Waals surface area (Å²) in [6.45, 7) is 4.78. The van der Waals surface area contributed by atoms with Gasteiger partial charge >= 0.3 is 0 Å². The fraction of sp³-hybridized carbons (Fsp3) is 0.217. The third kappa shape index (κ3) is 4.26. The summed E-state index contributed by atoms with van der Waals surface area (Å²) in [5.41, 5.74) is 2.50. The van der Waals surface area contributed by atoms with E-state index in [0.717, 1.165) is 16.9 Å². The van der Waals surface area contributed by atoms with Gasteiger partial charge in [0.1, 0.15) is 21.5 Å². The lowest BCUT2D eigenvalue weighted by Crippen LogP contribution is -2.27. The predicted molar refractivity (Wildman–Crippen MR) is 132 cm³/mol. The van der Waals surface area contributed by atoms with E-state index in [1.807, 2.05) is 44.2 Å². The number of carbonyl (C=O) groups excluding carboxylic acids is 1. The molecule has 1 aromatic carbocycles. The molecular formula is C23H22N4O3S2. The number of fused-ring (bicyclic) bond motifs is 1. The zero-order valence-corrected chi connectivity index (χ0v) is 19.5. The SMILES string of the molecule is CCNc1nc2ccc(C)cn2c(=O)c1/C=C1/SC(=S)N(Cc2ccc(OC)cc2)C1=O. The largest absolute Gasteiger partial charge is 0.497 e. The van der Waals surface area contributed by atoms with Crippen LogP contribution >= 0.6 is 24.0 Å². The number of nitrogens with one attached hydrogen (secondary N) is 1. The van der Waals surface area contributed by atoms with E-state index < -0.39 is 0 Å². The van der Waals surface area contributed by atoms with Crippen LogP contribution in [0.5, 0.6) is 5.75 Å². The monoisotopic (exact) mass is 466 g/mol. The van der Waals surface area contributed by atoms with E-state index in [1.165, 1.54) is 21.1 Å². The number of rotatable bonds is 6. The quantitative estimate of drug-likeness (QED) is 0.437. The highest BCUT2D eigenvalue weighted by Crippen LogP contribution is 2.34. The molecule has 9 heteroatoms. The number of methoxy groups -OCH3 is 1. The van der Waals surface area contributed by atoms with Gasteiger partial charge in [0.05, 0.1) is 24.1 Å². The number of hydrogen-bond acceptors (Lipinski definition) is 7. The summed E-state index contributed by atoms with van der Waals surface area (Å²) < 4.78 is 7.13. The van der Waals surface area contributed by atoms with Gasteiger partial charge in [-0.05, 0) is 49.2 Å². The lowest BCUT2D eigenvalue weighted by Gasteiger charge is -2.14. The third-order valence-corrected chi connectivity index (χ3v) is 6.38. The minimum Gasteiger partial charge on any atom is -0.497 e. The van der Waals surface area contributed by atoms with Gasteiger partial charge in [0.2, 0.25) is 0 Å². The van der Waals surface area contributed by atoms with E-state index in [1.54, 1.807) is 25.4 Å². The first-order valence-corrected chi connectivity index (χ1v) is 11.3. The van der Waals surface area contributed by atoms with Crippen molar-refractivity contribution in [1.82, 2.24) is 14.3 Å². The van der Waals surface area contributed by atoms with Crippen LogP contribution in [0.4, 0.5) is 5.82 Å². The number of ether oxygens (including phenoxy) is 1. The van der Waals surface area contributed by atoms with Crippen molar-refractivity contribution in [2.45, 2.75) is 20.4 Å². The van der Waals surface area contributed by atoms with Crippen LogP contribution in [0.25, 0.3) is 11.7 Å². The topological polar surface area (TPSA) is 75.9 Å². The molecule has 0 spiro atoms. The molecule has 3 heterocycles. The smallest absolute Gasteiger partial charge is 0.267 e. The van der Waals surface area contributed by atoms with Crippen LogP contribution in [0, 0.1) is 6.92 Å². The summed E-state index contributed by atoms with van der Waals surface area (Å²) in [7, 11) is 1.61. The number of thioether (sulfide) groups is 1. The lowest BCUT2D eigenvalue weighted by atomic mass is 10.2. The summed E-state index contributed by atoms with van der Waals surface area (Å²) in [4.78, 5) is 32.9. The number of hydrogen-bond donors (Lipinski definition) is 1. The van der Waals surface area contributed by atoms with Crippen molar-refractivity contribution in [3.8, 4) is 5.75 Å². The first-order chi connectivity index (χ1) is 15.4. The zero-order valence-electron chi connectivity index (χ0n) is 17.9. The Hall–Kier alpha value is -3.17. The number of aryl methyl sites for hydroxylation is 1. The fourth-order valence-electron chi connectivity index (χ4n) is 3.37. The van der Waals surface area contributed by atoms with E-state index >= 15 is 0 Å². The van der Waals surface area contributed by atoms with Crippen LogP contribution in [0.3, 0.4) is 0 Å². The standard InChI is InChI=1S/C23H22N4O3S2/c1-4-24-20-17(21(28)26-12-14(2)5-10-19(26)25-20)11-18-22(29)27(23(31)32-18)13-15-6-8-16(30-3)9-7-15/h5-12,24H,4,13H2,1-3H3/b18-11+. The van der Waals surface area contributed by atoms with Gasteiger partial charge in [0, 0.05) is 12.7 Å². The maximum atomic E-state index is 13.2. The predicted octanol–water partition coefficient (Wildman–Crippen LogP) is 3.84. The summed E-state index contributed by atoms with van der Waals surface area (Å²) >= 11 is 6.65. The van der Waals surface area contributed by atoms with Gasteiger partial charge in [-0.15, -0.1) is 0 Å². The maximum absolute atomic E-state index is 13.2. The van der Waals surface area contributed by atoms with Gasteiger partial charge < -0.3 is 10.1 Å². The molecule has 4 rings (SSSR count). The molecule has 1 N–H and O–H groups in total. The van der Waals surface area contributed by atoms with Crippen LogP contribution in [0.1, 0.15) is 23.6 Å². The number of amides is 1. The average Bonchev–Trinajstić information content (AvgIpc) is 3.05. The molecule has 2 aromatic heterocycles. The molecule has 164 valence electrons. The van der Waals surface area contributed by atoms with Gasteiger partial charge in [-0.2, -0.15) is 0 Å². The average molecular weight is 467 g/mol. The highest BCUT2D eigenvalue weighted by molar-refractivity contribution is 8.26. The molecule has 0 saturated carbocycles. The van der Waals surface area contributed by atoms with Crippen molar-refractivity contribution in [2.24, 2.45) is 0 Å². The summed E-state index contributed by atoms with van der Waals surface area (Å²) in [6, 6.07) is 11.2. The zero-order chi connectivity index (χ0) is 22.8. The number of anilines is 1. The van der Waals surface area contributed by atoms with E-state index in [0.29, 0.717) is 39.3 Å². The molecule has 1 amide bonds. The Labute approximate surface area is 195 Å². The van der Waals surface area contributed by atoms with Gasteiger partial charge in [-0.3, -0.25) is 18.9 Å². The first kappa shape index (κ1) is 22.0. The highest BCUT2D eigenvalue weighted by atomic mass is 32.2. The second kappa shape index (κ2) is 9.13. The van der Waals surface area contributed by atoms with E-state index in [-0.39, 0.29) is 11.5 Å². The van der Waals surface area contributed by atoms with Crippen molar-refractivity contribution in [3.63, 3.8) is 0 Å². The molecule has 1 saturated heterocycles. The fourth-order valence-corrected chi connectivity index (χ4v) is 4.61. The van der Waals surface area contributed by atoms with Crippen molar-refractivity contribution in [1.29, 1.82) is 0 Å². The van der Waals surface area contributed by atoms with Gasteiger partial charge in [-0.25, -0.2) is 4.98 Å². The Morgan fingerprint density at radius 1 is 1.19 bits per heavy atom. The normalized spacial score (nSPS) is 15.1. The Morgan fingerprint density at radius 2 is 1.94 bits per heavy atom. The first-order valence-electron chi connectivity index (χ1n) is 10.1.